The molecule has 2 rings (SSSR count). The Morgan fingerprint density at radius 1 is 1.50 bits per heavy atom. The molecule has 0 aliphatic carbocycles. The van der Waals surface area contributed by atoms with Crippen molar-refractivity contribution in [2.24, 2.45) is 0 Å². The smallest absolute Gasteiger partial charge is 0.224 e. The molecule has 0 saturated carbocycles. The summed E-state index contributed by atoms with van der Waals surface area (Å²) in [5, 5.41) is 6.72. The van der Waals surface area contributed by atoms with Gasteiger partial charge in [0.1, 0.15) is 5.76 Å². The van der Waals surface area contributed by atoms with E-state index < -0.39 is 0 Å². The average Bonchev–Trinajstić information content (AvgIpc) is 2.87. The van der Waals surface area contributed by atoms with Crippen LogP contribution in [-0.4, -0.2) is 11.1 Å². The van der Waals surface area contributed by atoms with E-state index in [4.69, 9.17) is 4.52 Å². The Kier molecular flexibility index (Phi) is 4.19. The van der Waals surface area contributed by atoms with Crippen molar-refractivity contribution in [2.75, 3.05) is 0 Å². The van der Waals surface area contributed by atoms with Crippen LogP contribution in [0.4, 0.5) is 0 Å². The van der Waals surface area contributed by atoms with Crippen LogP contribution in [0.3, 0.4) is 0 Å². The fourth-order valence-corrected chi connectivity index (χ4v) is 3.03. The van der Waals surface area contributed by atoms with Crippen molar-refractivity contribution in [1.82, 2.24) is 10.5 Å². The molecule has 2 aromatic heterocycles. The maximum atomic E-state index is 11.8. The molecule has 0 aliphatic heterocycles. The van der Waals surface area contributed by atoms with Gasteiger partial charge in [0.2, 0.25) is 5.91 Å². The fraction of sp³-hybridized carbons (Fsp3) is 0.333. The van der Waals surface area contributed by atoms with Gasteiger partial charge in [-0.15, -0.1) is 11.3 Å². The number of hydrogen-bond acceptors (Lipinski definition) is 4. The molecule has 0 radical (unpaired) electrons. The molecule has 6 heteroatoms. The summed E-state index contributed by atoms with van der Waals surface area (Å²) >= 11 is 5.01. The fourth-order valence-electron chi connectivity index (χ4n) is 1.61. The third-order valence-electron chi connectivity index (χ3n) is 2.61. The third-order valence-corrected chi connectivity index (χ3v) is 4.23. The molecule has 2 aromatic rings. The van der Waals surface area contributed by atoms with Gasteiger partial charge in [-0.25, -0.2) is 0 Å². The molecule has 4 nitrogen and oxygen atoms in total. The van der Waals surface area contributed by atoms with Crippen LogP contribution in [0.15, 0.2) is 20.4 Å². The molecule has 96 valence electrons. The van der Waals surface area contributed by atoms with Crippen LogP contribution in [0.25, 0.3) is 0 Å². The number of rotatable bonds is 4. The molecule has 0 aliphatic rings. The molecule has 0 saturated heterocycles. The van der Waals surface area contributed by atoms with Crippen molar-refractivity contribution < 1.29 is 9.32 Å². The monoisotopic (exact) mass is 328 g/mol. The molecular weight excluding hydrogens is 316 g/mol. The lowest BCUT2D eigenvalue weighted by atomic mass is 10.1. The zero-order valence-electron chi connectivity index (χ0n) is 10.1. The van der Waals surface area contributed by atoms with Gasteiger partial charge in [-0.05, 0) is 41.9 Å². The molecule has 0 bridgehead atoms. The summed E-state index contributed by atoms with van der Waals surface area (Å²) in [6.07, 6.45) is 0.313. The summed E-state index contributed by atoms with van der Waals surface area (Å²) in [5.74, 6) is 0.690. The largest absolute Gasteiger partial charge is 0.361 e. The third kappa shape index (κ3) is 3.20. The Morgan fingerprint density at radius 2 is 2.28 bits per heavy atom. The number of thiophene rings is 1. The van der Waals surface area contributed by atoms with Gasteiger partial charge in [0, 0.05) is 10.4 Å². The molecule has 0 unspecified atom stereocenters. The Balaban J connectivity index is 1.89. The van der Waals surface area contributed by atoms with Gasteiger partial charge in [-0.1, -0.05) is 5.16 Å². The van der Waals surface area contributed by atoms with E-state index in [0.717, 1.165) is 19.9 Å². The van der Waals surface area contributed by atoms with E-state index in [1.54, 1.807) is 11.3 Å². The molecule has 18 heavy (non-hydrogen) atoms. The van der Waals surface area contributed by atoms with Crippen molar-refractivity contribution in [1.29, 1.82) is 0 Å². The summed E-state index contributed by atoms with van der Waals surface area (Å²) < 4.78 is 6.10. The standard InChI is InChI=1S/C12H13BrN2O2S/c1-7-10(8(2)17-15-7)5-12(16)14-6-9-3-4-11(13)18-9/h3-4H,5-6H2,1-2H3,(H,14,16). The lowest BCUT2D eigenvalue weighted by molar-refractivity contribution is -0.120. The summed E-state index contributed by atoms with van der Waals surface area (Å²) in [4.78, 5) is 12.9. The van der Waals surface area contributed by atoms with Gasteiger partial charge in [0.05, 0.1) is 22.4 Å². The van der Waals surface area contributed by atoms with Gasteiger partial charge >= 0.3 is 0 Å². The highest BCUT2D eigenvalue weighted by atomic mass is 79.9. The highest BCUT2D eigenvalue weighted by Gasteiger charge is 2.13. The first-order valence-corrected chi connectivity index (χ1v) is 7.10. The molecule has 2 heterocycles. The number of aryl methyl sites for hydroxylation is 2. The number of halogens is 1. The first kappa shape index (κ1) is 13.3. The number of carbonyl (C=O) groups is 1. The van der Waals surface area contributed by atoms with Crippen molar-refractivity contribution >= 4 is 33.2 Å². The molecule has 0 spiro atoms. The molecule has 0 fully saturated rings. The van der Waals surface area contributed by atoms with E-state index in [2.05, 4.69) is 26.4 Å². The van der Waals surface area contributed by atoms with Gasteiger partial charge < -0.3 is 9.84 Å². The van der Waals surface area contributed by atoms with E-state index in [1.165, 1.54) is 0 Å². The second-order valence-corrected chi connectivity index (χ2v) is 6.51. The van der Waals surface area contributed by atoms with Gasteiger partial charge in [-0.2, -0.15) is 0 Å². The topological polar surface area (TPSA) is 55.1 Å². The number of nitrogens with one attached hydrogen (secondary N) is 1. The van der Waals surface area contributed by atoms with Gasteiger partial charge in [0.25, 0.3) is 0 Å². The second kappa shape index (κ2) is 5.67. The maximum Gasteiger partial charge on any atom is 0.224 e. The van der Waals surface area contributed by atoms with Gasteiger partial charge in [-0.3, -0.25) is 4.79 Å². The van der Waals surface area contributed by atoms with Crippen LogP contribution in [0, 0.1) is 13.8 Å². The Bertz CT molecular complexity index is 543. The van der Waals surface area contributed by atoms with E-state index >= 15 is 0 Å². The van der Waals surface area contributed by atoms with Crippen molar-refractivity contribution in [3.8, 4) is 0 Å². The lowest BCUT2D eigenvalue weighted by Gasteiger charge is -2.03. The summed E-state index contributed by atoms with van der Waals surface area (Å²) in [6.45, 7) is 4.22. The van der Waals surface area contributed by atoms with Crippen molar-refractivity contribution in [3.05, 3.63) is 37.8 Å². The number of aromatic nitrogens is 1. The summed E-state index contributed by atoms with van der Waals surface area (Å²) in [5.41, 5.74) is 1.65. The van der Waals surface area contributed by atoms with Gasteiger partial charge in [0.15, 0.2) is 0 Å². The minimum Gasteiger partial charge on any atom is -0.361 e. The SMILES string of the molecule is Cc1noc(C)c1CC(=O)NCc1ccc(Br)s1. The Labute approximate surface area is 117 Å². The summed E-state index contributed by atoms with van der Waals surface area (Å²) in [6, 6.07) is 3.96. The van der Waals surface area contributed by atoms with Crippen LogP contribution in [0.1, 0.15) is 21.9 Å². The number of carbonyl (C=O) groups excluding carboxylic acids is 1. The van der Waals surface area contributed by atoms with Crippen LogP contribution >= 0.6 is 27.3 Å². The predicted molar refractivity (Wildman–Crippen MR) is 73.5 cm³/mol. The Morgan fingerprint density at radius 3 is 2.83 bits per heavy atom. The Hall–Kier alpha value is -1.14. The minimum atomic E-state index is -0.0195. The van der Waals surface area contributed by atoms with E-state index in [0.29, 0.717) is 18.7 Å². The molecule has 1 N–H and O–H groups in total. The lowest BCUT2D eigenvalue weighted by Crippen LogP contribution is -2.24. The first-order chi connectivity index (χ1) is 8.56. The van der Waals surface area contributed by atoms with Crippen LogP contribution in [0.5, 0.6) is 0 Å². The quantitative estimate of drug-likeness (QED) is 0.938. The first-order valence-electron chi connectivity index (χ1n) is 5.49. The predicted octanol–water partition coefficient (Wildman–Crippen LogP) is 2.97. The van der Waals surface area contributed by atoms with Crippen LogP contribution < -0.4 is 5.32 Å². The van der Waals surface area contributed by atoms with E-state index in [-0.39, 0.29) is 5.91 Å². The number of hydrogen-bond donors (Lipinski definition) is 1. The summed E-state index contributed by atoms with van der Waals surface area (Å²) in [7, 11) is 0. The van der Waals surface area contributed by atoms with Crippen molar-refractivity contribution in [2.45, 2.75) is 26.8 Å². The molecule has 1 amide bonds. The number of nitrogens with zero attached hydrogens (tertiary/aromatic N) is 1. The normalized spacial score (nSPS) is 10.6. The molecule has 0 aromatic carbocycles. The molecular formula is C12H13BrN2O2S. The average molecular weight is 329 g/mol. The minimum absolute atomic E-state index is 0.0195. The van der Waals surface area contributed by atoms with Crippen molar-refractivity contribution in [3.63, 3.8) is 0 Å². The zero-order chi connectivity index (χ0) is 13.1. The number of amides is 1. The zero-order valence-corrected chi connectivity index (χ0v) is 12.5. The highest BCUT2D eigenvalue weighted by molar-refractivity contribution is 9.11. The molecule has 0 atom stereocenters. The van der Waals surface area contributed by atoms with E-state index in [1.807, 2.05) is 26.0 Å². The maximum absolute atomic E-state index is 11.8. The highest BCUT2D eigenvalue weighted by Crippen LogP contribution is 2.21. The van der Waals surface area contributed by atoms with Crippen LogP contribution in [-0.2, 0) is 17.8 Å². The van der Waals surface area contributed by atoms with Crippen LogP contribution in [0.2, 0.25) is 0 Å². The van der Waals surface area contributed by atoms with E-state index in [9.17, 15) is 4.79 Å². The second-order valence-electron chi connectivity index (χ2n) is 3.96.